The van der Waals surface area contributed by atoms with Crippen LogP contribution in [0.15, 0.2) is 36.4 Å². The minimum Gasteiger partial charge on any atom is -0.392 e. The fourth-order valence-electron chi connectivity index (χ4n) is 3.01. The maximum Gasteiger partial charge on any atom is 0.0684 e. The predicted molar refractivity (Wildman–Crippen MR) is 79.5 cm³/mol. The summed E-state index contributed by atoms with van der Waals surface area (Å²) in [6.07, 6.45) is 3.75. The maximum absolute atomic E-state index is 9.52. The van der Waals surface area contributed by atoms with Crippen molar-refractivity contribution in [3.05, 3.63) is 69.8 Å². The standard InChI is InChI=1S/C18H20O2/c19-11-17-9-13-1-5-15(17)8-4-14-2-6-16(7-3-13)18(10-14)12-20/h1-2,5-6,9-10,19-20H,3-4,7-8,11-12H2. The van der Waals surface area contributed by atoms with Crippen molar-refractivity contribution in [2.45, 2.75) is 38.9 Å². The molecule has 0 saturated heterocycles. The summed E-state index contributed by atoms with van der Waals surface area (Å²) in [6.45, 7) is 0.227. The van der Waals surface area contributed by atoms with Crippen LogP contribution in [0.4, 0.5) is 0 Å². The molecule has 104 valence electrons. The third kappa shape index (κ3) is 2.62. The quantitative estimate of drug-likeness (QED) is 0.879. The molecule has 2 aromatic carbocycles. The third-order valence-electron chi connectivity index (χ3n) is 4.25. The molecule has 0 radical (unpaired) electrons. The Morgan fingerprint density at radius 1 is 0.650 bits per heavy atom. The van der Waals surface area contributed by atoms with Gasteiger partial charge in [0.05, 0.1) is 13.2 Å². The van der Waals surface area contributed by atoms with Crippen molar-refractivity contribution in [2.24, 2.45) is 0 Å². The van der Waals surface area contributed by atoms with Crippen LogP contribution in [0.3, 0.4) is 0 Å². The van der Waals surface area contributed by atoms with Gasteiger partial charge < -0.3 is 10.2 Å². The summed E-state index contributed by atoms with van der Waals surface area (Å²) >= 11 is 0. The Morgan fingerprint density at radius 3 is 1.50 bits per heavy atom. The third-order valence-corrected chi connectivity index (χ3v) is 4.25. The highest BCUT2D eigenvalue weighted by Gasteiger charge is 2.09. The van der Waals surface area contributed by atoms with Crippen molar-refractivity contribution < 1.29 is 10.2 Å². The smallest absolute Gasteiger partial charge is 0.0684 e. The molecule has 2 heteroatoms. The minimum atomic E-state index is 0.114. The van der Waals surface area contributed by atoms with Gasteiger partial charge >= 0.3 is 0 Å². The number of hydrogen-bond acceptors (Lipinski definition) is 2. The van der Waals surface area contributed by atoms with Crippen molar-refractivity contribution in [1.29, 1.82) is 0 Å². The first-order valence-corrected chi connectivity index (χ1v) is 7.23. The summed E-state index contributed by atoms with van der Waals surface area (Å²) in [6, 6.07) is 12.9. The fraction of sp³-hybridized carbons (Fsp3) is 0.333. The largest absolute Gasteiger partial charge is 0.392 e. The van der Waals surface area contributed by atoms with E-state index in [1.807, 2.05) is 0 Å². The number of aliphatic hydroxyl groups excluding tert-OH is 2. The summed E-state index contributed by atoms with van der Waals surface area (Å²) in [7, 11) is 0. The number of rotatable bonds is 2. The lowest BCUT2D eigenvalue weighted by atomic mass is 9.91. The zero-order valence-corrected chi connectivity index (χ0v) is 11.6. The molecular formula is C18H20O2. The van der Waals surface area contributed by atoms with E-state index >= 15 is 0 Å². The molecule has 6 rings (SSSR count). The average molecular weight is 268 g/mol. The second-order valence-corrected chi connectivity index (χ2v) is 5.52. The van der Waals surface area contributed by atoms with Gasteiger partial charge in [-0.3, -0.25) is 0 Å². The van der Waals surface area contributed by atoms with Crippen LogP contribution in [-0.2, 0) is 38.9 Å². The molecule has 2 nitrogen and oxygen atoms in total. The molecule has 2 N–H and O–H groups in total. The van der Waals surface area contributed by atoms with Gasteiger partial charge in [0.2, 0.25) is 0 Å². The van der Waals surface area contributed by atoms with Gasteiger partial charge in [0.15, 0.2) is 0 Å². The van der Waals surface area contributed by atoms with Crippen molar-refractivity contribution in [3.8, 4) is 0 Å². The van der Waals surface area contributed by atoms with Crippen molar-refractivity contribution >= 4 is 0 Å². The van der Waals surface area contributed by atoms with E-state index in [-0.39, 0.29) is 13.2 Å². The second kappa shape index (κ2) is 5.78. The van der Waals surface area contributed by atoms with Crippen LogP contribution in [0.5, 0.6) is 0 Å². The van der Waals surface area contributed by atoms with E-state index in [0.29, 0.717) is 0 Å². The topological polar surface area (TPSA) is 40.5 Å². The van der Waals surface area contributed by atoms with Gasteiger partial charge in [0.25, 0.3) is 0 Å². The molecule has 0 unspecified atom stereocenters. The van der Waals surface area contributed by atoms with E-state index < -0.39 is 0 Å². The fourth-order valence-corrected chi connectivity index (χ4v) is 3.01. The summed E-state index contributed by atoms with van der Waals surface area (Å²) in [4.78, 5) is 0. The summed E-state index contributed by atoms with van der Waals surface area (Å²) in [5, 5.41) is 19.0. The van der Waals surface area contributed by atoms with Crippen molar-refractivity contribution in [3.63, 3.8) is 0 Å². The van der Waals surface area contributed by atoms with E-state index in [9.17, 15) is 10.2 Å². The first kappa shape index (κ1) is 13.3. The molecule has 2 aromatic rings. The van der Waals surface area contributed by atoms with Crippen LogP contribution in [0.25, 0.3) is 0 Å². The molecule has 0 heterocycles. The Labute approximate surface area is 119 Å². The molecule has 0 aliphatic heterocycles. The summed E-state index contributed by atoms with van der Waals surface area (Å²) in [5.41, 5.74) is 7.08. The first-order chi connectivity index (χ1) is 9.80. The second-order valence-electron chi connectivity index (χ2n) is 5.52. The van der Waals surface area contributed by atoms with E-state index in [1.165, 1.54) is 22.3 Å². The van der Waals surface area contributed by atoms with Crippen LogP contribution >= 0.6 is 0 Å². The van der Waals surface area contributed by atoms with Gasteiger partial charge in [-0.2, -0.15) is 0 Å². The van der Waals surface area contributed by atoms with Crippen LogP contribution < -0.4 is 0 Å². The van der Waals surface area contributed by atoms with E-state index in [0.717, 1.165) is 36.8 Å². The Bertz CT molecular complexity index is 561. The zero-order valence-electron chi connectivity index (χ0n) is 11.6. The Morgan fingerprint density at radius 2 is 1.10 bits per heavy atom. The number of hydrogen-bond donors (Lipinski definition) is 2. The Hall–Kier alpha value is -1.64. The SMILES string of the molecule is OCc1cc2ccc1CCc1ccc(c(CO)c1)CC2. The molecule has 0 atom stereocenters. The maximum atomic E-state index is 9.52. The molecule has 0 aromatic heterocycles. The molecule has 4 bridgehead atoms. The lowest BCUT2D eigenvalue weighted by molar-refractivity contribution is 0.280. The predicted octanol–water partition coefficient (Wildman–Crippen LogP) is 2.56. The first-order valence-electron chi connectivity index (χ1n) is 7.23. The number of benzene rings is 2. The number of aryl methyl sites for hydroxylation is 4. The van der Waals surface area contributed by atoms with Crippen LogP contribution in [0.2, 0.25) is 0 Å². The van der Waals surface area contributed by atoms with Crippen molar-refractivity contribution in [2.75, 3.05) is 0 Å². The monoisotopic (exact) mass is 268 g/mol. The van der Waals surface area contributed by atoms with Gasteiger partial charge in [0.1, 0.15) is 0 Å². The van der Waals surface area contributed by atoms with Gasteiger partial charge in [-0.15, -0.1) is 0 Å². The van der Waals surface area contributed by atoms with Gasteiger partial charge in [0, 0.05) is 0 Å². The van der Waals surface area contributed by atoms with Crippen LogP contribution in [0.1, 0.15) is 33.4 Å². The highest BCUT2D eigenvalue weighted by Crippen LogP contribution is 2.21. The molecule has 0 fully saturated rings. The van der Waals surface area contributed by atoms with Gasteiger partial charge in [-0.1, -0.05) is 36.4 Å². The highest BCUT2D eigenvalue weighted by atomic mass is 16.3. The normalized spacial score (nSPS) is 14.1. The lowest BCUT2D eigenvalue weighted by Gasteiger charge is -2.15. The van der Waals surface area contributed by atoms with Crippen molar-refractivity contribution in [1.82, 2.24) is 0 Å². The van der Waals surface area contributed by atoms with Crippen LogP contribution in [-0.4, -0.2) is 10.2 Å². The minimum absolute atomic E-state index is 0.114. The lowest BCUT2D eigenvalue weighted by Crippen LogP contribution is -2.04. The Balaban J connectivity index is 2.01. The van der Waals surface area contributed by atoms with Crippen LogP contribution in [0, 0.1) is 0 Å². The summed E-state index contributed by atoms with van der Waals surface area (Å²) in [5.74, 6) is 0. The van der Waals surface area contributed by atoms with Gasteiger partial charge in [-0.05, 0) is 59.1 Å². The Kier molecular flexibility index (Phi) is 3.86. The summed E-state index contributed by atoms with van der Waals surface area (Å²) < 4.78 is 0. The zero-order chi connectivity index (χ0) is 13.9. The number of aliphatic hydroxyl groups is 2. The molecule has 0 amide bonds. The van der Waals surface area contributed by atoms with E-state index in [4.69, 9.17) is 0 Å². The van der Waals surface area contributed by atoms with E-state index in [2.05, 4.69) is 36.4 Å². The molecule has 4 aliphatic rings. The highest BCUT2D eigenvalue weighted by molar-refractivity contribution is 5.37. The molecular weight excluding hydrogens is 248 g/mol. The molecule has 20 heavy (non-hydrogen) atoms. The van der Waals surface area contributed by atoms with Gasteiger partial charge in [-0.25, -0.2) is 0 Å². The molecule has 0 saturated carbocycles. The van der Waals surface area contributed by atoms with E-state index in [1.54, 1.807) is 0 Å². The molecule has 0 spiro atoms. The molecule has 4 aliphatic carbocycles. The average Bonchev–Trinajstić information content (AvgIpc) is 2.49.